The molecule has 94 valence electrons. The van der Waals surface area contributed by atoms with Crippen molar-refractivity contribution in [1.29, 1.82) is 0 Å². The van der Waals surface area contributed by atoms with Crippen LogP contribution >= 0.6 is 0 Å². The number of aromatic hydroxyl groups is 1. The van der Waals surface area contributed by atoms with E-state index in [1.165, 1.54) is 5.56 Å². The molecular formula is C13H20N2O2. The number of methoxy groups -OCH3 is 1. The van der Waals surface area contributed by atoms with Crippen molar-refractivity contribution in [3.05, 3.63) is 23.3 Å². The standard InChI is InChI=1S/C13H20N2O2/c1-10-7-11(16)8-13(17-2)12(10)9-15-5-3-14-4-6-15/h7-8,14,16H,3-6,9H2,1-2H3. The fourth-order valence-electron chi connectivity index (χ4n) is 2.24. The number of ether oxygens (including phenoxy) is 1. The van der Waals surface area contributed by atoms with Crippen LogP contribution in [0.25, 0.3) is 0 Å². The van der Waals surface area contributed by atoms with E-state index in [1.807, 2.05) is 6.92 Å². The van der Waals surface area contributed by atoms with E-state index in [9.17, 15) is 5.11 Å². The summed E-state index contributed by atoms with van der Waals surface area (Å²) in [6.45, 7) is 7.10. The molecule has 2 N–H and O–H groups in total. The molecule has 0 spiro atoms. The van der Waals surface area contributed by atoms with Crippen LogP contribution in [0.15, 0.2) is 12.1 Å². The lowest BCUT2D eigenvalue weighted by molar-refractivity contribution is 0.229. The summed E-state index contributed by atoms with van der Waals surface area (Å²) in [5, 5.41) is 12.9. The largest absolute Gasteiger partial charge is 0.508 e. The molecular weight excluding hydrogens is 216 g/mol. The molecule has 4 heteroatoms. The Morgan fingerprint density at radius 1 is 1.35 bits per heavy atom. The Hall–Kier alpha value is -1.26. The molecule has 1 aliphatic rings. The topological polar surface area (TPSA) is 44.7 Å². The van der Waals surface area contributed by atoms with Crippen molar-refractivity contribution in [2.24, 2.45) is 0 Å². The first-order valence-corrected chi connectivity index (χ1v) is 6.00. The van der Waals surface area contributed by atoms with Crippen molar-refractivity contribution in [2.75, 3.05) is 33.3 Å². The number of benzene rings is 1. The van der Waals surface area contributed by atoms with Gasteiger partial charge in [0.05, 0.1) is 7.11 Å². The Kier molecular flexibility index (Phi) is 3.86. The molecule has 0 aromatic heterocycles. The number of phenols is 1. The molecule has 2 rings (SSSR count). The molecule has 0 bridgehead atoms. The zero-order valence-corrected chi connectivity index (χ0v) is 10.5. The van der Waals surface area contributed by atoms with Gasteiger partial charge in [-0.3, -0.25) is 4.90 Å². The molecule has 0 saturated carbocycles. The van der Waals surface area contributed by atoms with Gasteiger partial charge in [0.25, 0.3) is 0 Å². The first-order chi connectivity index (χ1) is 8.20. The van der Waals surface area contributed by atoms with Crippen LogP contribution in [0.2, 0.25) is 0 Å². The van der Waals surface area contributed by atoms with Gasteiger partial charge in [-0.05, 0) is 18.6 Å². The Morgan fingerprint density at radius 2 is 2.06 bits per heavy atom. The second-order valence-electron chi connectivity index (χ2n) is 4.47. The Balaban J connectivity index is 2.18. The predicted octanol–water partition coefficient (Wildman–Crippen LogP) is 1.11. The molecule has 1 saturated heterocycles. The smallest absolute Gasteiger partial charge is 0.127 e. The fourth-order valence-corrected chi connectivity index (χ4v) is 2.24. The molecule has 1 heterocycles. The third-order valence-electron chi connectivity index (χ3n) is 3.23. The molecule has 1 aromatic carbocycles. The Labute approximate surface area is 102 Å². The zero-order chi connectivity index (χ0) is 12.3. The van der Waals surface area contributed by atoms with Gasteiger partial charge < -0.3 is 15.2 Å². The molecule has 0 atom stereocenters. The van der Waals surface area contributed by atoms with E-state index in [4.69, 9.17) is 4.74 Å². The first-order valence-electron chi connectivity index (χ1n) is 6.00. The van der Waals surface area contributed by atoms with Gasteiger partial charge in [0.2, 0.25) is 0 Å². The SMILES string of the molecule is COc1cc(O)cc(C)c1CN1CCNCC1. The maximum atomic E-state index is 9.55. The van der Waals surface area contributed by atoms with Gasteiger partial charge in [0.15, 0.2) is 0 Å². The summed E-state index contributed by atoms with van der Waals surface area (Å²) in [5.74, 6) is 1.05. The van der Waals surface area contributed by atoms with Crippen molar-refractivity contribution in [1.82, 2.24) is 10.2 Å². The summed E-state index contributed by atoms with van der Waals surface area (Å²) < 4.78 is 5.35. The Morgan fingerprint density at radius 3 is 2.71 bits per heavy atom. The Bertz CT molecular complexity index is 387. The van der Waals surface area contributed by atoms with E-state index in [1.54, 1.807) is 19.2 Å². The highest BCUT2D eigenvalue weighted by Crippen LogP contribution is 2.28. The molecule has 0 aliphatic carbocycles. The van der Waals surface area contributed by atoms with Crippen LogP contribution in [0, 0.1) is 6.92 Å². The average molecular weight is 236 g/mol. The van der Waals surface area contributed by atoms with Crippen LogP contribution in [0.3, 0.4) is 0 Å². The summed E-state index contributed by atoms with van der Waals surface area (Å²) in [7, 11) is 1.65. The van der Waals surface area contributed by atoms with Gasteiger partial charge in [-0.2, -0.15) is 0 Å². The minimum atomic E-state index is 0.267. The summed E-state index contributed by atoms with van der Waals surface area (Å²) in [4.78, 5) is 2.40. The molecule has 0 unspecified atom stereocenters. The van der Waals surface area contributed by atoms with E-state index in [-0.39, 0.29) is 5.75 Å². The van der Waals surface area contributed by atoms with Crippen LogP contribution in [-0.2, 0) is 6.54 Å². The van der Waals surface area contributed by atoms with Crippen molar-refractivity contribution in [3.8, 4) is 11.5 Å². The molecule has 0 amide bonds. The van der Waals surface area contributed by atoms with Gasteiger partial charge in [0, 0.05) is 44.4 Å². The number of aryl methyl sites for hydroxylation is 1. The number of phenolic OH excluding ortho intramolecular Hbond substituents is 1. The highest BCUT2D eigenvalue weighted by atomic mass is 16.5. The minimum absolute atomic E-state index is 0.267. The van der Waals surface area contributed by atoms with Crippen molar-refractivity contribution in [3.63, 3.8) is 0 Å². The number of nitrogens with one attached hydrogen (secondary N) is 1. The number of nitrogens with zero attached hydrogens (tertiary/aromatic N) is 1. The summed E-state index contributed by atoms with van der Waals surface area (Å²) in [6.07, 6.45) is 0. The summed E-state index contributed by atoms with van der Waals surface area (Å²) in [6, 6.07) is 3.48. The van der Waals surface area contributed by atoms with Crippen LogP contribution < -0.4 is 10.1 Å². The number of piperazine rings is 1. The average Bonchev–Trinajstić information content (AvgIpc) is 2.33. The molecule has 4 nitrogen and oxygen atoms in total. The van der Waals surface area contributed by atoms with E-state index >= 15 is 0 Å². The van der Waals surface area contributed by atoms with E-state index in [0.29, 0.717) is 0 Å². The van der Waals surface area contributed by atoms with Crippen molar-refractivity contribution in [2.45, 2.75) is 13.5 Å². The van der Waals surface area contributed by atoms with E-state index in [2.05, 4.69) is 10.2 Å². The lowest BCUT2D eigenvalue weighted by atomic mass is 10.1. The van der Waals surface area contributed by atoms with Crippen LogP contribution in [0.1, 0.15) is 11.1 Å². The number of hydrogen-bond donors (Lipinski definition) is 2. The fraction of sp³-hybridized carbons (Fsp3) is 0.538. The monoisotopic (exact) mass is 236 g/mol. The molecule has 1 aliphatic heterocycles. The van der Waals surface area contributed by atoms with E-state index < -0.39 is 0 Å². The van der Waals surface area contributed by atoms with Crippen LogP contribution in [0.4, 0.5) is 0 Å². The van der Waals surface area contributed by atoms with Gasteiger partial charge >= 0.3 is 0 Å². The molecule has 17 heavy (non-hydrogen) atoms. The van der Waals surface area contributed by atoms with E-state index in [0.717, 1.165) is 44.0 Å². The second kappa shape index (κ2) is 5.38. The number of hydrogen-bond acceptors (Lipinski definition) is 4. The highest BCUT2D eigenvalue weighted by molar-refractivity contribution is 5.45. The lowest BCUT2D eigenvalue weighted by Crippen LogP contribution is -2.43. The van der Waals surface area contributed by atoms with Gasteiger partial charge in [-0.25, -0.2) is 0 Å². The molecule has 1 fully saturated rings. The minimum Gasteiger partial charge on any atom is -0.508 e. The molecule has 0 radical (unpaired) electrons. The predicted molar refractivity (Wildman–Crippen MR) is 67.5 cm³/mol. The number of rotatable bonds is 3. The third kappa shape index (κ3) is 2.90. The first kappa shape index (κ1) is 12.2. The quantitative estimate of drug-likeness (QED) is 0.825. The molecule has 1 aromatic rings. The normalized spacial score (nSPS) is 17.1. The maximum absolute atomic E-state index is 9.55. The summed E-state index contributed by atoms with van der Waals surface area (Å²) >= 11 is 0. The lowest BCUT2D eigenvalue weighted by Gasteiger charge is -2.28. The van der Waals surface area contributed by atoms with Crippen LogP contribution in [0.5, 0.6) is 11.5 Å². The van der Waals surface area contributed by atoms with Gasteiger partial charge in [-0.15, -0.1) is 0 Å². The van der Waals surface area contributed by atoms with Crippen molar-refractivity contribution < 1.29 is 9.84 Å². The van der Waals surface area contributed by atoms with Crippen LogP contribution in [-0.4, -0.2) is 43.3 Å². The van der Waals surface area contributed by atoms with Gasteiger partial charge in [-0.1, -0.05) is 0 Å². The third-order valence-corrected chi connectivity index (χ3v) is 3.23. The summed E-state index contributed by atoms with van der Waals surface area (Å²) in [5.41, 5.74) is 2.26. The zero-order valence-electron chi connectivity index (χ0n) is 10.5. The highest BCUT2D eigenvalue weighted by Gasteiger charge is 2.15. The van der Waals surface area contributed by atoms with Crippen molar-refractivity contribution >= 4 is 0 Å². The second-order valence-corrected chi connectivity index (χ2v) is 4.47. The maximum Gasteiger partial charge on any atom is 0.127 e. The van der Waals surface area contributed by atoms with Gasteiger partial charge in [0.1, 0.15) is 11.5 Å².